The number of hydrogen-bond donors (Lipinski definition) is 1. The molecule has 0 saturated heterocycles. The molecule has 0 bridgehead atoms. The molecule has 1 aromatic carbocycles. The van der Waals surface area contributed by atoms with Crippen LogP contribution >= 0.6 is 15.9 Å². The van der Waals surface area contributed by atoms with Crippen molar-refractivity contribution in [2.75, 3.05) is 5.32 Å². The maximum atomic E-state index is 9.22. The lowest BCUT2D eigenvalue weighted by molar-refractivity contribution is 0.571. The molecule has 1 N–H and O–H groups in total. The number of nitrogens with one attached hydrogen (secondary N) is 1. The Kier molecular flexibility index (Phi) is 3.49. The van der Waals surface area contributed by atoms with Gasteiger partial charge in [-0.15, -0.1) is 0 Å². The number of rotatable bonds is 2. The number of aromatic nitrogens is 2. The third-order valence-electron chi connectivity index (χ3n) is 3.81. The van der Waals surface area contributed by atoms with E-state index in [-0.39, 0.29) is 6.04 Å². The van der Waals surface area contributed by atoms with Crippen molar-refractivity contribution in [3.63, 3.8) is 0 Å². The summed E-state index contributed by atoms with van der Waals surface area (Å²) >= 11 is 3.46. The molecule has 3 rings (SSSR count). The van der Waals surface area contributed by atoms with Gasteiger partial charge in [-0.25, -0.2) is 0 Å². The molecule has 1 aliphatic carbocycles. The molecular formula is C15H15BrN4. The topological polar surface area (TPSA) is 53.6 Å². The van der Waals surface area contributed by atoms with Crippen molar-refractivity contribution in [3.05, 3.63) is 45.7 Å². The number of halogens is 1. The second kappa shape index (κ2) is 5.29. The van der Waals surface area contributed by atoms with Crippen LogP contribution in [0.4, 0.5) is 5.69 Å². The summed E-state index contributed by atoms with van der Waals surface area (Å²) in [6.45, 7) is 0. The second-order valence-corrected chi connectivity index (χ2v) is 5.98. The number of anilines is 1. The van der Waals surface area contributed by atoms with Crippen LogP contribution in [0.15, 0.2) is 28.9 Å². The number of nitrogens with zero attached hydrogens (tertiary/aromatic N) is 3. The van der Waals surface area contributed by atoms with Gasteiger partial charge in [0.05, 0.1) is 23.5 Å². The zero-order valence-corrected chi connectivity index (χ0v) is 12.8. The minimum atomic E-state index is 0.230. The fraction of sp³-hybridized carbons (Fsp3) is 0.333. The first-order valence-corrected chi connectivity index (χ1v) is 7.45. The van der Waals surface area contributed by atoms with Gasteiger partial charge >= 0.3 is 0 Å². The fourth-order valence-corrected chi connectivity index (χ4v) is 3.14. The first kappa shape index (κ1) is 13.2. The Bertz CT molecular complexity index is 684. The molecule has 1 aromatic heterocycles. The van der Waals surface area contributed by atoms with E-state index in [1.807, 2.05) is 36.1 Å². The van der Waals surface area contributed by atoms with E-state index in [9.17, 15) is 5.26 Å². The Morgan fingerprint density at radius 3 is 3.15 bits per heavy atom. The van der Waals surface area contributed by atoms with E-state index in [4.69, 9.17) is 0 Å². The maximum Gasteiger partial charge on any atom is 0.101 e. The quantitative estimate of drug-likeness (QED) is 0.916. The average Bonchev–Trinajstić information content (AvgIpc) is 2.82. The minimum absolute atomic E-state index is 0.230. The summed E-state index contributed by atoms with van der Waals surface area (Å²) in [6.07, 6.45) is 5.22. The van der Waals surface area contributed by atoms with Gasteiger partial charge in [0.2, 0.25) is 0 Å². The number of aryl methyl sites for hydroxylation is 1. The molecule has 102 valence electrons. The Labute approximate surface area is 126 Å². The highest BCUT2D eigenvalue weighted by Crippen LogP contribution is 2.33. The molecule has 1 unspecified atom stereocenters. The van der Waals surface area contributed by atoms with Crippen LogP contribution in [0.3, 0.4) is 0 Å². The van der Waals surface area contributed by atoms with Gasteiger partial charge in [0.15, 0.2) is 0 Å². The zero-order valence-electron chi connectivity index (χ0n) is 11.2. The molecule has 2 aromatic rings. The second-order valence-electron chi connectivity index (χ2n) is 5.06. The third-order valence-corrected chi connectivity index (χ3v) is 4.30. The first-order chi connectivity index (χ1) is 9.69. The Balaban J connectivity index is 1.93. The summed E-state index contributed by atoms with van der Waals surface area (Å²) < 4.78 is 2.93. The van der Waals surface area contributed by atoms with Gasteiger partial charge < -0.3 is 5.32 Å². The zero-order chi connectivity index (χ0) is 14.1. The monoisotopic (exact) mass is 330 g/mol. The van der Waals surface area contributed by atoms with Gasteiger partial charge in [0.1, 0.15) is 6.07 Å². The van der Waals surface area contributed by atoms with E-state index in [0.29, 0.717) is 5.56 Å². The summed E-state index contributed by atoms with van der Waals surface area (Å²) in [5.74, 6) is 0. The van der Waals surface area contributed by atoms with Crippen molar-refractivity contribution in [2.24, 2.45) is 7.05 Å². The van der Waals surface area contributed by atoms with Crippen LogP contribution in [0.2, 0.25) is 0 Å². The normalized spacial score (nSPS) is 17.4. The van der Waals surface area contributed by atoms with E-state index in [2.05, 4.69) is 32.4 Å². The van der Waals surface area contributed by atoms with Crippen molar-refractivity contribution in [2.45, 2.75) is 25.3 Å². The predicted molar refractivity (Wildman–Crippen MR) is 81.4 cm³/mol. The van der Waals surface area contributed by atoms with Crippen LogP contribution < -0.4 is 5.32 Å². The molecule has 0 saturated carbocycles. The number of fused-ring (bicyclic) bond motifs is 1. The van der Waals surface area contributed by atoms with E-state index in [0.717, 1.165) is 29.4 Å². The summed E-state index contributed by atoms with van der Waals surface area (Å²) in [7, 11) is 1.99. The van der Waals surface area contributed by atoms with E-state index in [1.54, 1.807) is 0 Å². The van der Waals surface area contributed by atoms with Gasteiger partial charge in [-0.05, 0) is 37.5 Å². The Morgan fingerprint density at radius 1 is 1.50 bits per heavy atom. The SMILES string of the molecule is Cn1ncc2c1CCCC2Nc1cc(Br)ccc1C#N. The fourth-order valence-electron chi connectivity index (χ4n) is 2.78. The van der Waals surface area contributed by atoms with E-state index in [1.165, 1.54) is 11.3 Å². The molecule has 5 heteroatoms. The maximum absolute atomic E-state index is 9.22. The molecule has 0 radical (unpaired) electrons. The van der Waals surface area contributed by atoms with Crippen LogP contribution in [-0.2, 0) is 13.5 Å². The summed E-state index contributed by atoms with van der Waals surface area (Å²) in [5.41, 5.74) is 4.10. The molecule has 0 aliphatic heterocycles. The molecule has 1 atom stereocenters. The third kappa shape index (κ3) is 2.32. The van der Waals surface area contributed by atoms with Gasteiger partial charge in [-0.3, -0.25) is 4.68 Å². The van der Waals surface area contributed by atoms with Crippen LogP contribution in [-0.4, -0.2) is 9.78 Å². The van der Waals surface area contributed by atoms with Gasteiger partial charge in [-0.2, -0.15) is 10.4 Å². The summed E-state index contributed by atoms with van der Waals surface area (Å²) in [4.78, 5) is 0. The van der Waals surface area contributed by atoms with Crippen molar-refractivity contribution in [1.29, 1.82) is 5.26 Å². The standard InChI is InChI=1S/C15H15BrN4/c1-20-15-4-2-3-13(12(15)9-18-20)19-14-7-11(16)6-5-10(14)8-17/h5-7,9,13,19H,2-4H2,1H3. The molecule has 1 heterocycles. The van der Waals surface area contributed by atoms with Crippen molar-refractivity contribution < 1.29 is 0 Å². The minimum Gasteiger partial charge on any atom is -0.377 e. The smallest absolute Gasteiger partial charge is 0.101 e. The van der Waals surface area contributed by atoms with Crippen molar-refractivity contribution in [1.82, 2.24) is 9.78 Å². The summed E-state index contributed by atoms with van der Waals surface area (Å²) in [6, 6.07) is 8.15. The lowest BCUT2D eigenvalue weighted by atomic mass is 9.92. The molecule has 4 nitrogen and oxygen atoms in total. The van der Waals surface area contributed by atoms with Gasteiger partial charge in [-0.1, -0.05) is 15.9 Å². The average molecular weight is 331 g/mol. The van der Waals surface area contributed by atoms with Crippen LogP contribution in [0, 0.1) is 11.3 Å². The number of nitriles is 1. The largest absolute Gasteiger partial charge is 0.377 e. The van der Waals surface area contributed by atoms with Crippen LogP contribution in [0.5, 0.6) is 0 Å². The molecule has 0 fully saturated rings. The van der Waals surface area contributed by atoms with Crippen molar-refractivity contribution >= 4 is 21.6 Å². The van der Waals surface area contributed by atoms with Gasteiger partial charge in [0.25, 0.3) is 0 Å². The highest BCUT2D eigenvalue weighted by atomic mass is 79.9. The molecule has 0 amide bonds. The van der Waals surface area contributed by atoms with Crippen molar-refractivity contribution in [3.8, 4) is 6.07 Å². The Morgan fingerprint density at radius 2 is 2.35 bits per heavy atom. The number of hydrogen-bond acceptors (Lipinski definition) is 3. The van der Waals surface area contributed by atoms with Crippen LogP contribution in [0.25, 0.3) is 0 Å². The summed E-state index contributed by atoms with van der Waals surface area (Å²) in [5, 5.41) is 17.1. The number of benzene rings is 1. The molecule has 20 heavy (non-hydrogen) atoms. The highest BCUT2D eigenvalue weighted by molar-refractivity contribution is 9.10. The molecular weight excluding hydrogens is 316 g/mol. The lowest BCUT2D eigenvalue weighted by Crippen LogP contribution is -2.18. The Hall–Kier alpha value is -1.80. The molecule has 1 aliphatic rings. The lowest BCUT2D eigenvalue weighted by Gasteiger charge is -2.25. The highest BCUT2D eigenvalue weighted by Gasteiger charge is 2.23. The van der Waals surface area contributed by atoms with E-state index >= 15 is 0 Å². The van der Waals surface area contributed by atoms with Crippen LogP contribution in [0.1, 0.15) is 35.7 Å². The van der Waals surface area contributed by atoms with Gasteiger partial charge in [0, 0.05) is 22.8 Å². The first-order valence-electron chi connectivity index (χ1n) is 6.66. The predicted octanol–water partition coefficient (Wildman–Crippen LogP) is 3.54. The van der Waals surface area contributed by atoms with E-state index < -0.39 is 0 Å². The molecule has 0 spiro atoms.